The van der Waals surface area contributed by atoms with Crippen molar-refractivity contribution in [1.29, 1.82) is 5.26 Å². The Morgan fingerprint density at radius 3 is 1.18 bits per heavy atom. The van der Waals surface area contributed by atoms with Crippen molar-refractivity contribution in [3.63, 3.8) is 0 Å². The molecule has 0 aliphatic rings. The molecule has 0 aromatic rings. The van der Waals surface area contributed by atoms with E-state index in [0.717, 1.165) is 0 Å². The molecule has 0 aromatic carbocycles. The van der Waals surface area contributed by atoms with Crippen molar-refractivity contribution >= 4 is 7.82 Å². The van der Waals surface area contributed by atoms with Crippen LogP contribution in [0.5, 0.6) is 0 Å². The van der Waals surface area contributed by atoms with Gasteiger partial charge < -0.3 is 19.2 Å². The second kappa shape index (κ2) is 20.0. The molecule has 0 heterocycles. The van der Waals surface area contributed by atoms with Gasteiger partial charge in [0, 0.05) is 6.92 Å². The fraction of sp³-hybridized carbons (Fsp3) is 0.500. The molecule has 0 atom stereocenters. The molecule has 0 saturated heterocycles. The summed E-state index contributed by atoms with van der Waals surface area (Å²) in [6.07, 6.45) is 0. The molecule has 0 unspecified atom stereocenters. The quantitative estimate of drug-likeness (QED) is 0.314. The van der Waals surface area contributed by atoms with E-state index in [-0.39, 0.29) is 154 Å². The third-order valence-electron chi connectivity index (χ3n) is 0. The summed E-state index contributed by atoms with van der Waals surface area (Å²) in [4.78, 5) is 25.6. The van der Waals surface area contributed by atoms with E-state index in [9.17, 15) is 0 Å². The third kappa shape index (κ3) is 112. The second-order valence-electron chi connectivity index (χ2n) is 0.671. The molecule has 0 aromatic heterocycles. The van der Waals surface area contributed by atoms with Crippen molar-refractivity contribution in [3.05, 3.63) is 0 Å². The van der Waals surface area contributed by atoms with Crippen LogP contribution < -0.4 is 169 Å². The number of nitriles is 1. The average Bonchev–Trinajstić information content (AvgIpc) is 1.27. The zero-order valence-electron chi connectivity index (χ0n) is 7.03. The fourth-order valence-electron chi connectivity index (χ4n) is 0. The molecular formula is C2H3K3NO4P. The molecule has 0 radical (unpaired) electrons. The summed E-state index contributed by atoms with van der Waals surface area (Å²) < 4.78 is 8.55. The summed E-state index contributed by atoms with van der Waals surface area (Å²) in [6.45, 7) is 1.43. The summed E-state index contributed by atoms with van der Waals surface area (Å²) in [5, 5.41) is 7.32. The van der Waals surface area contributed by atoms with Gasteiger partial charge in [0.2, 0.25) is 0 Å². The molecule has 0 fully saturated rings. The van der Waals surface area contributed by atoms with E-state index in [2.05, 4.69) is 0 Å². The third-order valence-corrected chi connectivity index (χ3v) is 0. The Morgan fingerprint density at radius 1 is 1.18 bits per heavy atom. The van der Waals surface area contributed by atoms with E-state index in [0.29, 0.717) is 0 Å². The first-order valence-electron chi connectivity index (χ1n) is 1.45. The largest absolute Gasteiger partial charge is 1.00 e. The molecule has 0 amide bonds. The first-order valence-corrected chi connectivity index (χ1v) is 2.91. The van der Waals surface area contributed by atoms with Crippen LogP contribution in [0.2, 0.25) is 0 Å². The molecule has 0 spiro atoms. The van der Waals surface area contributed by atoms with Gasteiger partial charge in [-0.2, -0.15) is 13.1 Å². The number of nitrogens with zero attached hydrogens (tertiary/aromatic N) is 1. The summed E-state index contributed by atoms with van der Waals surface area (Å²) in [6, 6.07) is 1.75. The van der Waals surface area contributed by atoms with Crippen LogP contribution in [-0.4, -0.2) is 0 Å². The van der Waals surface area contributed by atoms with Gasteiger partial charge in [0.15, 0.2) is 0 Å². The number of phosphoric acid groups is 1. The predicted octanol–water partition coefficient (Wildman–Crippen LogP) is -11.3. The Balaban J connectivity index is -0.0000000183. The maximum absolute atomic E-state index is 8.55. The minimum absolute atomic E-state index is 0. The number of hydrogen-bond donors (Lipinski definition) is 0. The Kier molecular flexibility index (Phi) is 53.7. The molecule has 0 rings (SSSR count). The van der Waals surface area contributed by atoms with Crippen molar-refractivity contribution in [1.82, 2.24) is 0 Å². The first kappa shape index (κ1) is 29.6. The van der Waals surface area contributed by atoms with Crippen LogP contribution in [0.4, 0.5) is 0 Å². The summed E-state index contributed by atoms with van der Waals surface area (Å²) in [5.41, 5.74) is 0. The van der Waals surface area contributed by atoms with Gasteiger partial charge >= 0.3 is 154 Å². The van der Waals surface area contributed by atoms with Gasteiger partial charge in [0.05, 0.1) is 6.07 Å². The molecule has 0 aliphatic heterocycles. The Morgan fingerprint density at radius 2 is 1.18 bits per heavy atom. The first-order chi connectivity index (χ1) is 3.41. The van der Waals surface area contributed by atoms with E-state index < -0.39 is 7.82 Å². The molecule has 48 valence electrons. The molecule has 11 heavy (non-hydrogen) atoms. The van der Waals surface area contributed by atoms with Crippen molar-refractivity contribution in [3.8, 4) is 6.07 Å². The molecular weight excluding hydrogens is 250 g/mol. The predicted molar refractivity (Wildman–Crippen MR) is 18.9 cm³/mol. The maximum Gasteiger partial charge on any atom is 1.00 e. The summed E-state index contributed by atoms with van der Waals surface area (Å²) in [7, 11) is -5.39. The van der Waals surface area contributed by atoms with Gasteiger partial charge in [-0.15, -0.1) is 0 Å². The smallest absolute Gasteiger partial charge is 0.822 e. The normalized spacial score (nSPS) is 6.09. The number of rotatable bonds is 0. The van der Waals surface area contributed by atoms with E-state index in [1.807, 2.05) is 0 Å². The van der Waals surface area contributed by atoms with E-state index >= 15 is 0 Å². The van der Waals surface area contributed by atoms with Crippen molar-refractivity contribution in [2.24, 2.45) is 0 Å². The van der Waals surface area contributed by atoms with Gasteiger partial charge in [-0.05, 0) is 0 Å². The van der Waals surface area contributed by atoms with Gasteiger partial charge in [-0.25, -0.2) is 0 Å². The Labute approximate surface area is 193 Å². The van der Waals surface area contributed by atoms with Crippen molar-refractivity contribution in [2.45, 2.75) is 6.92 Å². The SMILES string of the molecule is CC#N.O=P([O-])([O-])[O-].[K+].[K+].[K+]. The van der Waals surface area contributed by atoms with Gasteiger partial charge in [-0.3, -0.25) is 0 Å². The fourth-order valence-corrected chi connectivity index (χ4v) is 0. The molecule has 9 heteroatoms. The van der Waals surface area contributed by atoms with Crippen LogP contribution >= 0.6 is 7.82 Å². The molecule has 0 bridgehead atoms. The monoisotopic (exact) mass is 253 g/mol. The van der Waals surface area contributed by atoms with Crippen LogP contribution in [0, 0.1) is 11.3 Å². The molecule has 0 saturated carbocycles. The van der Waals surface area contributed by atoms with Crippen LogP contribution in [0.15, 0.2) is 0 Å². The minimum Gasteiger partial charge on any atom is -0.822 e. The Hall–Kier alpha value is 4.51. The second-order valence-corrected chi connectivity index (χ2v) is 1.57. The van der Waals surface area contributed by atoms with Crippen LogP contribution in [0.3, 0.4) is 0 Å². The van der Waals surface area contributed by atoms with Crippen molar-refractivity contribution < 1.29 is 173 Å². The average molecular weight is 253 g/mol. The topological polar surface area (TPSA) is 110 Å². The molecule has 5 nitrogen and oxygen atoms in total. The molecule has 0 aliphatic carbocycles. The van der Waals surface area contributed by atoms with Crippen LogP contribution in [0.1, 0.15) is 6.92 Å². The summed E-state index contributed by atoms with van der Waals surface area (Å²) >= 11 is 0. The number of hydrogen-bond acceptors (Lipinski definition) is 5. The van der Waals surface area contributed by atoms with Gasteiger partial charge in [0.25, 0.3) is 0 Å². The van der Waals surface area contributed by atoms with Gasteiger partial charge in [0.1, 0.15) is 0 Å². The van der Waals surface area contributed by atoms with Crippen LogP contribution in [0.25, 0.3) is 0 Å². The van der Waals surface area contributed by atoms with E-state index in [1.54, 1.807) is 6.07 Å². The van der Waals surface area contributed by atoms with Crippen molar-refractivity contribution in [2.75, 3.05) is 0 Å². The van der Waals surface area contributed by atoms with E-state index in [1.165, 1.54) is 6.92 Å². The zero-order valence-corrected chi connectivity index (χ0v) is 17.3. The summed E-state index contributed by atoms with van der Waals surface area (Å²) in [5.74, 6) is 0. The maximum atomic E-state index is 8.55. The minimum atomic E-state index is -5.39. The standard InChI is InChI=1S/C2H3N.3K.H3O4P/c1-2-3;;;;1-5(2,3)4/h1H3;;;;(H3,1,2,3,4)/q;3*+1;/p-3. The van der Waals surface area contributed by atoms with Crippen LogP contribution in [-0.2, 0) is 4.57 Å². The Bertz CT molecular complexity index is 122. The molecule has 0 N–H and O–H groups in total. The van der Waals surface area contributed by atoms with E-state index in [4.69, 9.17) is 24.5 Å². The van der Waals surface area contributed by atoms with Gasteiger partial charge in [-0.1, -0.05) is 0 Å². The zero-order chi connectivity index (χ0) is 7.21.